The summed E-state index contributed by atoms with van der Waals surface area (Å²) in [5, 5.41) is 3.36. The quantitative estimate of drug-likeness (QED) is 0.831. The molecule has 1 N–H and O–H groups in total. The molecule has 0 saturated carbocycles. The van der Waals surface area contributed by atoms with Gasteiger partial charge >= 0.3 is 0 Å². The van der Waals surface area contributed by atoms with Crippen molar-refractivity contribution in [2.45, 2.75) is 52.2 Å². The number of likely N-dealkylation sites (tertiary alicyclic amines) is 1. The van der Waals surface area contributed by atoms with Crippen molar-refractivity contribution in [2.75, 3.05) is 31.6 Å². The fourth-order valence-corrected chi connectivity index (χ4v) is 2.87. The van der Waals surface area contributed by atoms with E-state index in [1.54, 1.807) is 0 Å². The van der Waals surface area contributed by atoms with E-state index in [0.717, 1.165) is 31.1 Å². The van der Waals surface area contributed by atoms with Gasteiger partial charge in [-0.15, -0.1) is 0 Å². The number of nitrogens with zero attached hydrogens (tertiary/aromatic N) is 4. The highest BCUT2D eigenvalue weighted by molar-refractivity contribution is 5.34. The van der Waals surface area contributed by atoms with Gasteiger partial charge in [-0.05, 0) is 25.9 Å². The van der Waals surface area contributed by atoms with Crippen molar-refractivity contribution < 1.29 is 0 Å². The maximum atomic E-state index is 4.55. The molecule has 5 nitrogen and oxygen atoms in total. The fraction of sp³-hybridized carbons (Fsp3) is 0.750. The van der Waals surface area contributed by atoms with Gasteiger partial charge in [-0.1, -0.05) is 20.8 Å². The van der Waals surface area contributed by atoms with Crippen LogP contribution >= 0.6 is 0 Å². The SMILES string of the molecule is CCN1CCCC1CN(C)c1cnc(CNC(C)C)cn1. The van der Waals surface area contributed by atoms with E-state index in [1.807, 2.05) is 12.4 Å². The summed E-state index contributed by atoms with van der Waals surface area (Å²) in [6.07, 6.45) is 6.38. The first kappa shape index (κ1) is 16.2. The molecule has 118 valence electrons. The van der Waals surface area contributed by atoms with Gasteiger partial charge in [0.25, 0.3) is 0 Å². The molecule has 5 heteroatoms. The van der Waals surface area contributed by atoms with Gasteiger partial charge < -0.3 is 10.2 Å². The van der Waals surface area contributed by atoms with E-state index in [4.69, 9.17) is 0 Å². The van der Waals surface area contributed by atoms with Crippen LogP contribution in [0.15, 0.2) is 12.4 Å². The normalized spacial score (nSPS) is 19.4. The van der Waals surface area contributed by atoms with Crippen molar-refractivity contribution >= 4 is 5.82 Å². The van der Waals surface area contributed by atoms with Crippen molar-refractivity contribution in [3.63, 3.8) is 0 Å². The van der Waals surface area contributed by atoms with Crippen LogP contribution in [0.4, 0.5) is 5.82 Å². The molecule has 0 amide bonds. The van der Waals surface area contributed by atoms with Gasteiger partial charge in [0.1, 0.15) is 5.82 Å². The summed E-state index contributed by atoms with van der Waals surface area (Å²) < 4.78 is 0. The van der Waals surface area contributed by atoms with Gasteiger partial charge in [-0.2, -0.15) is 0 Å². The molecule has 0 spiro atoms. The Hall–Kier alpha value is -1.20. The molecular formula is C16H29N5. The van der Waals surface area contributed by atoms with Crippen LogP contribution in [0.5, 0.6) is 0 Å². The maximum absolute atomic E-state index is 4.55. The average Bonchev–Trinajstić information content (AvgIpc) is 2.92. The van der Waals surface area contributed by atoms with E-state index in [-0.39, 0.29) is 0 Å². The van der Waals surface area contributed by atoms with Crippen LogP contribution in [-0.2, 0) is 6.54 Å². The zero-order valence-corrected chi connectivity index (χ0v) is 13.8. The van der Waals surface area contributed by atoms with E-state index in [0.29, 0.717) is 12.1 Å². The van der Waals surface area contributed by atoms with Gasteiger partial charge in [0.2, 0.25) is 0 Å². The third-order valence-corrected chi connectivity index (χ3v) is 4.16. The Bertz CT molecular complexity index is 417. The molecule has 21 heavy (non-hydrogen) atoms. The summed E-state index contributed by atoms with van der Waals surface area (Å²) in [6, 6.07) is 1.13. The molecule has 1 aliphatic heterocycles. The smallest absolute Gasteiger partial charge is 0.146 e. The Labute approximate surface area is 128 Å². The van der Waals surface area contributed by atoms with Crippen molar-refractivity contribution in [1.29, 1.82) is 0 Å². The summed E-state index contributed by atoms with van der Waals surface area (Å²) in [5.74, 6) is 0.964. The second-order valence-electron chi connectivity index (χ2n) is 6.21. The first-order chi connectivity index (χ1) is 10.1. The molecule has 1 saturated heterocycles. The summed E-state index contributed by atoms with van der Waals surface area (Å²) in [6.45, 7) is 10.7. The van der Waals surface area contributed by atoms with Crippen LogP contribution in [0, 0.1) is 0 Å². The topological polar surface area (TPSA) is 44.3 Å². The Morgan fingerprint density at radius 1 is 1.38 bits per heavy atom. The van der Waals surface area contributed by atoms with Crippen LogP contribution < -0.4 is 10.2 Å². The third-order valence-electron chi connectivity index (χ3n) is 4.16. The van der Waals surface area contributed by atoms with E-state index in [1.165, 1.54) is 19.4 Å². The first-order valence-electron chi connectivity index (χ1n) is 8.09. The number of hydrogen-bond acceptors (Lipinski definition) is 5. The summed E-state index contributed by atoms with van der Waals surface area (Å²) in [5.41, 5.74) is 0.997. The molecule has 1 unspecified atom stereocenters. The van der Waals surface area contributed by atoms with Crippen molar-refractivity contribution in [1.82, 2.24) is 20.2 Å². The molecule has 0 aliphatic carbocycles. The number of likely N-dealkylation sites (N-methyl/N-ethyl adjacent to an activating group) is 2. The number of anilines is 1. The fourth-order valence-electron chi connectivity index (χ4n) is 2.87. The summed E-state index contributed by atoms with van der Waals surface area (Å²) in [4.78, 5) is 13.8. The Kier molecular flexibility index (Phi) is 5.94. The molecule has 1 aromatic heterocycles. The zero-order chi connectivity index (χ0) is 15.2. The second kappa shape index (κ2) is 7.71. The number of hydrogen-bond donors (Lipinski definition) is 1. The predicted octanol–water partition coefficient (Wildman–Crippen LogP) is 1.90. The van der Waals surface area contributed by atoms with E-state index in [2.05, 4.69) is 52.9 Å². The monoisotopic (exact) mass is 291 g/mol. The van der Waals surface area contributed by atoms with E-state index >= 15 is 0 Å². The minimum Gasteiger partial charge on any atom is -0.357 e. The molecule has 1 fully saturated rings. The van der Waals surface area contributed by atoms with E-state index < -0.39 is 0 Å². The molecule has 0 radical (unpaired) electrons. The summed E-state index contributed by atoms with van der Waals surface area (Å²) in [7, 11) is 2.11. The molecule has 2 rings (SSSR count). The zero-order valence-electron chi connectivity index (χ0n) is 13.8. The minimum absolute atomic E-state index is 0.469. The number of nitrogens with one attached hydrogen (secondary N) is 1. The van der Waals surface area contributed by atoms with Gasteiger partial charge in [-0.3, -0.25) is 9.88 Å². The highest BCUT2D eigenvalue weighted by atomic mass is 15.2. The lowest BCUT2D eigenvalue weighted by Gasteiger charge is -2.28. The predicted molar refractivity (Wildman–Crippen MR) is 87.5 cm³/mol. The molecule has 0 aromatic carbocycles. The number of aromatic nitrogens is 2. The van der Waals surface area contributed by atoms with Crippen molar-refractivity contribution in [3.8, 4) is 0 Å². The van der Waals surface area contributed by atoms with Crippen molar-refractivity contribution in [2.24, 2.45) is 0 Å². The summed E-state index contributed by atoms with van der Waals surface area (Å²) >= 11 is 0. The first-order valence-corrected chi connectivity index (χ1v) is 8.09. The molecule has 0 bridgehead atoms. The molecule has 1 aromatic rings. The Morgan fingerprint density at radius 3 is 2.81 bits per heavy atom. The second-order valence-corrected chi connectivity index (χ2v) is 6.21. The van der Waals surface area contributed by atoms with E-state index in [9.17, 15) is 0 Å². The van der Waals surface area contributed by atoms with Gasteiger partial charge in [0.15, 0.2) is 0 Å². The third kappa shape index (κ3) is 4.64. The largest absolute Gasteiger partial charge is 0.357 e. The minimum atomic E-state index is 0.469. The van der Waals surface area contributed by atoms with Crippen LogP contribution in [0.25, 0.3) is 0 Å². The number of rotatable bonds is 7. The van der Waals surface area contributed by atoms with Gasteiger partial charge in [0.05, 0.1) is 18.1 Å². The van der Waals surface area contributed by atoms with Crippen LogP contribution in [0.3, 0.4) is 0 Å². The molecular weight excluding hydrogens is 262 g/mol. The lowest BCUT2D eigenvalue weighted by molar-refractivity contribution is 0.270. The van der Waals surface area contributed by atoms with Crippen LogP contribution in [0.2, 0.25) is 0 Å². The Morgan fingerprint density at radius 2 is 2.19 bits per heavy atom. The average molecular weight is 291 g/mol. The lowest BCUT2D eigenvalue weighted by atomic mass is 10.2. The van der Waals surface area contributed by atoms with Crippen molar-refractivity contribution in [3.05, 3.63) is 18.1 Å². The molecule has 1 atom stereocenters. The van der Waals surface area contributed by atoms with Crippen LogP contribution in [-0.4, -0.2) is 53.6 Å². The van der Waals surface area contributed by atoms with Crippen LogP contribution in [0.1, 0.15) is 39.3 Å². The maximum Gasteiger partial charge on any atom is 0.146 e. The molecule has 2 heterocycles. The Balaban J connectivity index is 1.88. The van der Waals surface area contributed by atoms with Gasteiger partial charge in [-0.25, -0.2) is 4.98 Å². The highest BCUT2D eigenvalue weighted by Gasteiger charge is 2.24. The standard InChI is InChI=1S/C16H29N5/c1-5-21-8-6-7-15(21)12-20(4)16-11-18-14(10-19-16)9-17-13(2)3/h10-11,13,15,17H,5-9,12H2,1-4H3. The van der Waals surface area contributed by atoms with Gasteiger partial charge in [0, 0.05) is 32.2 Å². The lowest BCUT2D eigenvalue weighted by Crippen LogP contribution is -2.39. The highest BCUT2D eigenvalue weighted by Crippen LogP contribution is 2.19. The molecule has 1 aliphatic rings.